The standard InChI is InChI=1S/C11H7BrFN3O2/c12-6-4-15-5-16-11(6)18-8-3-1-2-7(13)9(8)10(14)17/h1-5H,(H2,14,17). The highest BCUT2D eigenvalue weighted by atomic mass is 79.9. The first-order valence-electron chi connectivity index (χ1n) is 4.81. The predicted octanol–water partition coefficient (Wildman–Crippen LogP) is 2.27. The van der Waals surface area contributed by atoms with Crippen LogP contribution in [0.1, 0.15) is 10.4 Å². The lowest BCUT2D eigenvalue weighted by Crippen LogP contribution is -2.14. The average Bonchev–Trinajstić information content (AvgIpc) is 2.31. The van der Waals surface area contributed by atoms with Gasteiger partial charge in [0.1, 0.15) is 23.5 Å². The van der Waals surface area contributed by atoms with E-state index in [2.05, 4.69) is 25.9 Å². The summed E-state index contributed by atoms with van der Waals surface area (Å²) in [4.78, 5) is 18.8. The smallest absolute Gasteiger partial charge is 0.255 e. The number of benzene rings is 1. The molecule has 2 rings (SSSR count). The fourth-order valence-electron chi connectivity index (χ4n) is 1.31. The number of amides is 1. The third kappa shape index (κ3) is 2.45. The molecule has 0 bridgehead atoms. The molecule has 18 heavy (non-hydrogen) atoms. The zero-order valence-corrected chi connectivity index (χ0v) is 10.5. The largest absolute Gasteiger partial charge is 0.437 e. The number of aromatic nitrogens is 2. The van der Waals surface area contributed by atoms with Gasteiger partial charge in [0.05, 0.1) is 4.47 Å². The number of carbonyl (C=O) groups excluding carboxylic acids is 1. The number of rotatable bonds is 3. The topological polar surface area (TPSA) is 78.1 Å². The normalized spacial score (nSPS) is 10.1. The van der Waals surface area contributed by atoms with Crippen LogP contribution in [0.5, 0.6) is 11.6 Å². The molecule has 0 spiro atoms. The van der Waals surface area contributed by atoms with Gasteiger partial charge in [0.15, 0.2) is 0 Å². The summed E-state index contributed by atoms with van der Waals surface area (Å²) < 4.78 is 19.3. The Morgan fingerprint density at radius 1 is 1.44 bits per heavy atom. The lowest BCUT2D eigenvalue weighted by atomic mass is 10.2. The second-order valence-corrected chi connectivity index (χ2v) is 4.11. The van der Waals surface area contributed by atoms with Crippen molar-refractivity contribution in [3.8, 4) is 11.6 Å². The number of nitrogens with zero attached hydrogens (tertiary/aromatic N) is 2. The van der Waals surface area contributed by atoms with Crippen molar-refractivity contribution < 1.29 is 13.9 Å². The van der Waals surface area contributed by atoms with Crippen LogP contribution in [0, 0.1) is 5.82 Å². The first kappa shape index (κ1) is 12.4. The van der Waals surface area contributed by atoms with Crippen molar-refractivity contribution in [2.45, 2.75) is 0 Å². The molecule has 0 fully saturated rings. The molecule has 0 radical (unpaired) electrons. The summed E-state index contributed by atoms with van der Waals surface area (Å²) in [6.07, 6.45) is 2.73. The van der Waals surface area contributed by atoms with Crippen LogP contribution in [0.25, 0.3) is 0 Å². The highest BCUT2D eigenvalue weighted by Crippen LogP contribution is 2.29. The Bertz CT molecular complexity index is 607. The molecule has 0 aliphatic carbocycles. The molecular weight excluding hydrogens is 305 g/mol. The lowest BCUT2D eigenvalue weighted by Gasteiger charge is -2.09. The van der Waals surface area contributed by atoms with Crippen LogP contribution in [0.3, 0.4) is 0 Å². The Hall–Kier alpha value is -2.02. The monoisotopic (exact) mass is 311 g/mol. The molecular formula is C11H7BrFN3O2. The minimum atomic E-state index is -0.909. The highest BCUT2D eigenvalue weighted by molar-refractivity contribution is 9.10. The second-order valence-electron chi connectivity index (χ2n) is 3.26. The molecule has 0 aliphatic heterocycles. The van der Waals surface area contributed by atoms with Crippen LogP contribution >= 0.6 is 15.9 Å². The zero-order chi connectivity index (χ0) is 13.1. The number of hydrogen-bond acceptors (Lipinski definition) is 4. The SMILES string of the molecule is NC(=O)c1c(F)cccc1Oc1ncncc1Br. The van der Waals surface area contributed by atoms with E-state index >= 15 is 0 Å². The lowest BCUT2D eigenvalue weighted by molar-refractivity contribution is 0.0994. The van der Waals surface area contributed by atoms with E-state index in [0.717, 1.165) is 6.07 Å². The second kappa shape index (κ2) is 5.09. The van der Waals surface area contributed by atoms with E-state index in [0.29, 0.717) is 4.47 Å². The Balaban J connectivity index is 2.44. The van der Waals surface area contributed by atoms with Gasteiger partial charge in [-0.1, -0.05) is 6.07 Å². The van der Waals surface area contributed by atoms with Gasteiger partial charge in [-0.2, -0.15) is 0 Å². The van der Waals surface area contributed by atoms with Gasteiger partial charge >= 0.3 is 0 Å². The average molecular weight is 312 g/mol. The van der Waals surface area contributed by atoms with Gasteiger partial charge < -0.3 is 10.5 Å². The van der Waals surface area contributed by atoms with E-state index in [-0.39, 0.29) is 17.2 Å². The number of primary amides is 1. The van der Waals surface area contributed by atoms with Crippen LogP contribution in [-0.2, 0) is 0 Å². The van der Waals surface area contributed by atoms with Gasteiger partial charge in [0.2, 0.25) is 5.88 Å². The number of carbonyl (C=O) groups is 1. The van der Waals surface area contributed by atoms with Gasteiger partial charge in [-0.25, -0.2) is 14.4 Å². The van der Waals surface area contributed by atoms with Gasteiger partial charge in [0, 0.05) is 6.20 Å². The van der Waals surface area contributed by atoms with E-state index in [1.165, 1.54) is 24.7 Å². The number of ether oxygens (including phenoxy) is 1. The van der Waals surface area contributed by atoms with Gasteiger partial charge in [0.25, 0.3) is 5.91 Å². The van der Waals surface area contributed by atoms with Crippen LogP contribution in [-0.4, -0.2) is 15.9 Å². The Labute approximate surface area is 110 Å². The summed E-state index contributed by atoms with van der Waals surface area (Å²) >= 11 is 3.17. The Morgan fingerprint density at radius 2 is 2.22 bits per heavy atom. The molecule has 1 aromatic carbocycles. The van der Waals surface area contributed by atoms with Crippen molar-refractivity contribution in [2.24, 2.45) is 5.73 Å². The zero-order valence-electron chi connectivity index (χ0n) is 8.93. The van der Waals surface area contributed by atoms with Crippen molar-refractivity contribution in [1.29, 1.82) is 0 Å². The van der Waals surface area contributed by atoms with Crippen LogP contribution in [0.15, 0.2) is 35.2 Å². The summed E-state index contributed by atoms with van der Waals surface area (Å²) in [5.41, 5.74) is 4.79. The summed E-state index contributed by atoms with van der Waals surface area (Å²) in [6, 6.07) is 3.96. The van der Waals surface area contributed by atoms with E-state index in [9.17, 15) is 9.18 Å². The molecule has 0 aliphatic rings. The highest BCUT2D eigenvalue weighted by Gasteiger charge is 2.16. The molecule has 0 unspecified atom stereocenters. The molecule has 0 saturated heterocycles. The van der Waals surface area contributed by atoms with E-state index < -0.39 is 11.7 Å². The maximum absolute atomic E-state index is 13.5. The Kier molecular flexibility index (Phi) is 3.52. The summed E-state index contributed by atoms with van der Waals surface area (Å²) in [5.74, 6) is -1.49. The van der Waals surface area contributed by atoms with Crippen molar-refractivity contribution in [2.75, 3.05) is 0 Å². The maximum Gasteiger partial charge on any atom is 0.255 e. The number of nitrogens with two attached hydrogens (primary N) is 1. The predicted molar refractivity (Wildman–Crippen MR) is 64.7 cm³/mol. The molecule has 2 aromatic rings. The minimum absolute atomic E-state index is 0.00176. The van der Waals surface area contributed by atoms with E-state index in [1.807, 2.05) is 0 Å². The Morgan fingerprint density at radius 3 is 2.89 bits per heavy atom. The molecule has 0 saturated carbocycles. The molecule has 0 atom stereocenters. The third-order valence-corrected chi connectivity index (χ3v) is 2.61. The fraction of sp³-hybridized carbons (Fsp3) is 0. The van der Waals surface area contributed by atoms with Gasteiger partial charge in [-0.15, -0.1) is 0 Å². The van der Waals surface area contributed by atoms with E-state index in [1.54, 1.807) is 0 Å². The number of hydrogen-bond donors (Lipinski definition) is 1. The summed E-state index contributed by atoms with van der Waals surface area (Å²) in [7, 11) is 0. The first-order valence-corrected chi connectivity index (χ1v) is 5.60. The quantitative estimate of drug-likeness (QED) is 0.943. The fourth-order valence-corrected chi connectivity index (χ4v) is 1.61. The first-order chi connectivity index (χ1) is 8.59. The van der Waals surface area contributed by atoms with Crippen molar-refractivity contribution in [3.63, 3.8) is 0 Å². The van der Waals surface area contributed by atoms with E-state index in [4.69, 9.17) is 10.5 Å². The molecule has 2 N–H and O–H groups in total. The summed E-state index contributed by atoms with van der Waals surface area (Å²) in [5, 5.41) is 0. The van der Waals surface area contributed by atoms with Crippen molar-refractivity contribution in [1.82, 2.24) is 9.97 Å². The van der Waals surface area contributed by atoms with Gasteiger partial charge in [-0.3, -0.25) is 4.79 Å². The summed E-state index contributed by atoms with van der Waals surface area (Å²) in [6.45, 7) is 0. The van der Waals surface area contributed by atoms with Gasteiger partial charge in [-0.05, 0) is 28.1 Å². The minimum Gasteiger partial charge on any atom is -0.437 e. The number of halogens is 2. The molecule has 1 amide bonds. The molecule has 7 heteroatoms. The third-order valence-electron chi connectivity index (χ3n) is 2.06. The maximum atomic E-state index is 13.5. The van der Waals surface area contributed by atoms with Crippen LogP contribution < -0.4 is 10.5 Å². The molecule has 1 aromatic heterocycles. The van der Waals surface area contributed by atoms with Crippen LogP contribution in [0.4, 0.5) is 4.39 Å². The van der Waals surface area contributed by atoms with Crippen molar-refractivity contribution in [3.05, 3.63) is 46.6 Å². The van der Waals surface area contributed by atoms with Crippen molar-refractivity contribution >= 4 is 21.8 Å². The molecule has 5 nitrogen and oxygen atoms in total. The molecule has 92 valence electrons. The molecule has 1 heterocycles. The van der Waals surface area contributed by atoms with Crippen LogP contribution in [0.2, 0.25) is 0 Å².